The van der Waals surface area contributed by atoms with Gasteiger partial charge >= 0.3 is 5.97 Å². The van der Waals surface area contributed by atoms with E-state index in [1.807, 2.05) is 27.7 Å². The molecule has 0 aromatic carbocycles. The molecule has 0 amide bonds. The van der Waals surface area contributed by atoms with Gasteiger partial charge in [-0.2, -0.15) is 0 Å². The van der Waals surface area contributed by atoms with Gasteiger partial charge in [0.15, 0.2) is 0 Å². The summed E-state index contributed by atoms with van der Waals surface area (Å²) >= 11 is 3.73. The van der Waals surface area contributed by atoms with Crippen LogP contribution in [0.15, 0.2) is 4.47 Å². The molecular weight excluding hydrogens is 396 g/mol. The van der Waals surface area contributed by atoms with Crippen molar-refractivity contribution in [3.8, 4) is 0 Å². The Labute approximate surface area is 164 Å². The first kappa shape index (κ1) is 19.6. The fourth-order valence-electron chi connectivity index (χ4n) is 4.12. The molecule has 144 valence electrons. The zero-order valence-electron chi connectivity index (χ0n) is 16.2. The Kier molecular flexibility index (Phi) is 5.92. The van der Waals surface area contributed by atoms with Crippen molar-refractivity contribution in [1.29, 1.82) is 0 Å². The maximum absolute atomic E-state index is 12.3. The molecule has 0 bridgehead atoms. The summed E-state index contributed by atoms with van der Waals surface area (Å²) in [6.45, 7) is 10.5. The van der Waals surface area contributed by atoms with E-state index in [4.69, 9.17) is 9.47 Å². The second-order valence-corrected chi connectivity index (χ2v) is 8.55. The molecule has 0 unspecified atom stereocenters. The van der Waals surface area contributed by atoms with Crippen molar-refractivity contribution in [3.63, 3.8) is 0 Å². The number of carbonyl (C=O) groups is 1. The molecule has 3 heterocycles. The zero-order chi connectivity index (χ0) is 18.9. The van der Waals surface area contributed by atoms with Crippen LogP contribution in [0, 0.1) is 13.8 Å². The minimum absolute atomic E-state index is 0.0802. The van der Waals surface area contributed by atoms with E-state index in [0.717, 1.165) is 59.6 Å². The van der Waals surface area contributed by atoms with Crippen molar-refractivity contribution in [2.45, 2.75) is 71.5 Å². The first-order valence-electron chi connectivity index (χ1n) is 9.55. The highest BCUT2D eigenvalue weighted by atomic mass is 79.9. The third-order valence-corrected chi connectivity index (χ3v) is 6.40. The second kappa shape index (κ2) is 7.85. The fraction of sp³-hybridized carbons (Fsp3) is 0.700. The van der Waals surface area contributed by atoms with Crippen LogP contribution in [0.2, 0.25) is 0 Å². The van der Waals surface area contributed by atoms with Crippen LogP contribution in [0.3, 0.4) is 0 Å². The molecule has 0 aliphatic carbocycles. The van der Waals surface area contributed by atoms with Gasteiger partial charge in [-0.3, -0.25) is 9.78 Å². The van der Waals surface area contributed by atoms with Crippen molar-refractivity contribution >= 4 is 27.6 Å². The molecular formula is C20H29BrN2O3. The number of carbonyl (C=O) groups excluding carboxylic acids is 1. The fourth-order valence-corrected chi connectivity index (χ4v) is 4.70. The molecule has 0 atom stereocenters. The van der Waals surface area contributed by atoms with E-state index < -0.39 is 0 Å². The van der Waals surface area contributed by atoms with Crippen molar-refractivity contribution in [2.24, 2.45) is 0 Å². The lowest BCUT2D eigenvalue weighted by molar-refractivity contribution is -0.146. The number of esters is 1. The lowest BCUT2D eigenvalue weighted by Crippen LogP contribution is -2.44. The van der Waals surface area contributed by atoms with Crippen molar-refractivity contribution < 1.29 is 14.3 Å². The Balaban J connectivity index is 1.86. The molecule has 1 aromatic heterocycles. The van der Waals surface area contributed by atoms with E-state index in [2.05, 4.69) is 25.8 Å². The van der Waals surface area contributed by atoms with Gasteiger partial charge < -0.3 is 14.4 Å². The highest BCUT2D eigenvalue weighted by molar-refractivity contribution is 9.10. The van der Waals surface area contributed by atoms with Crippen LogP contribution < -0.4 is 4.90 Å². The first-order valence-corrected chi connectivity index (χ1v) is 10.3. The summed E-state index contributed by atoms with van der Waals surface area (Å²) in [4.78, 5) is 19.3. The van der Waals surface area contributed by atoms with Crippen LogP contribution >= 0.6 is 15.9 Å². The molecule has 2 saturated heterocycles. The van der Waals surface area contributed by atoms with Gasteiger partial charge in [0, 0.05) is 31.0 Å². The number of hydrogen-bond donors (Lipinski definition) is 0. The Morgan fingerprint density at radius 1 is 1.27 bits per heavy atom. The number of ether oxygens (including phenoxy) is 2. The maximum atomic E-state index is 12.3. The highest BCUT2D eigenvalue weighted by Gasteiger charge is 2.39. The number of halogens is 1. The molecule has 2 fully saturated rings. The highest BCUT2D eigenvalue weighted by Crippen LogP contribution is 2.41. The molecule has 0 radical (unpaired) electrons. The van der Waals surface area contributed by atoms with E-state index in [1.54, 1.807) is 0 Å². The van der Waals surface area contributed by atoms with Gasteiger partial charge in [-0.1, -0.05) is 0 Å². The quantitative estimate of drug-likeness (QED) is 0.680. The Hall–Kier alpha value is -1.14. The molecule has 2 aliphatic rings. The Bertz CT molecular complexity index is 674. The number of nitrogens with zero attached hydrogens (tertiary/aromatic N) is 2. The van der Waals surface area contributed by atoms with Gasteiger partial charge in [-0.05, 0) is 69.3 Å². The summed E-state index contributed by atoms with van der Waals surface area (Å²) in [6.07, 6.45) is 4.56. The minimum atomic E-state index is -0.200. The Morgan fingerprint density at radius 2 is 1.96 bits per heavy atom. The summed E-state index contributed by atoms with van der Waals surface area (Å²) in [5, 5.41) is 0. The van der Waals surface area contributed by atoms with E-state index in [-0.39, 0.29) is 24.1 Å². The predicted octanol–water partition coefficient (Wildman–Crippen LogP) is 4.10. The predicted molar refractivity (Wildman–Crippen MR) is 106 cm³/mol. The normalized spacial score (nSPS) is 19.4. The molecule has 6 heteroatoms. The van der Waals surface area contributed by atoms with Gasteiger partial charge in [0.1, 0.15) is 0 Å². The topological polar surface area (TPSA) is 51.7 Å². The van der Waals surface area contributed by atoms with Crippen LogP contribution in [0.25, 0.3) is 0 Å². The molecule has 0 saturated carbocycles. The molecule has 0 N–H and O–H groups in total. The van der Waals surface area contributed by atoms with Crippen LogP contribution in [0.5, 0.6) is 0 Å². The number of piperidine rings is 1. The van der Waals surface area contributed by atoms with Gasteiger partial charge in [0.25, 0.3) is 0 Å². The second-order valence-electron chi connectivity index (χ2n) is 7.76. The van der Waals surface area contributed by atoms with Crippen molar-refractivity contribution in [2.75, 3.05) is 24.6 Å². The van der Waals surface area contributed by atoms with E-state index in [0.29, 0.717) is 0 Å². The molecule has 1 aromatic rings. The maximum Gasteiger partial charge on any atom is 0.310 e. The number of aromatic nitrogens is 1. The summed E-state index contributed by atoms with van der Waals surface area (Å²) < 4.78 is 12.4. The zero-order valence-corrected chi connectivity index (χ0v) is 17.8. The molecule has 5 nitrogen and oxygen atoms in total. The Morgan fingerprint density at radius 3 is 2.54 bits per heavy atom. The minimum Gasteiger partial charge on any atom is -0.463 e. The van der Waals surface area contributed by atoms with E-state index in [1.165, 1.54) is 12.8 Å². The number of anilines is 1. The molecule has 2 aliphatic heterocycles. The van der Waals surface area contributed by atoms with Gasteiger partial charge in [0.2, 0.25) is 0 Å². The summed E-state index contributed by atoms with van der Waals surface area (Å²) in [7, 11) is 0. The molecule has 26 heavy (non-hydrogen) atoms. The van der Waals surface area contributed by atoms with E-state index >= 15 is 0 Å². The number of aryl methyl sites for hydroxylation is 2. The van der Waals surface area contributed by atoms with Crippen molar-refractivity contribution in [3.05, 3.63) is 21.4 Å². The average Bonchev–Trinajstić information content (AvgIpc) is 3.02. The number of pyridine rings is 1. The first-order chi connectivity index (χ1) is 12.3. The van der Waals surface area contributed by atoms with Crippen molar-refractivity contribution in [1.82, 2.24) is 4.98 Å². The van der Waals surface area contributed by atoms with Gasteiger partial charge in [0.05, 0.1) is 34.0 Å². The van der Waals surface area contributed by atoms with Gasteiger partial charge in [-0.25, -0.2) is 0 Å². The largest absolute Gasteiger partial charge is 0.463 e. The van der Waals surface area contributed by atoms with E-state index in [9.17, 15) is 4.79 Å². The summed E-state index contributed by atoms with van der Waals surface area (Å²) in [5.74, 6) is -0.200. The standard InChI is InChI=1S/C20H29BrN2O3/c1-13(2)26-17(24)12-16-14(3)22-15(4)18(21)19(16)23-9-7-20(8-10-23)6-5-11-25-20/h13H,5-12H2,1-4H3. The monoisotopic (exact) mass is 424 g/mol. The van der Waals surface area contributed by atoms with Crippen LogP contribution in [-0.4, -0.2) is 42.4 Å². The number of hydrogen-bond acceptors (Lipinski definition) is 5. The molecule has 1 spiro atoms. The smallest absolute Gasteiger partial charge is 0.310 e. The average molecular weight is 425 g/mol. The summed E-state index contributed by atoms with van der Waals surface area (Å²) in [5.41, 5.74) is 4.01. The number of rotatable bonds is 4. The lowest BCUT2D eigenvalue weighted by Gasteiger charge is -2.41. The van der Waals surface area contributed by atoms with Gasteiger partial charge in [-0.15, -0.1) is 0 Å². The van der Waals surface area contributed by atoms with Crippen LogP contribution in [0.4, 0.5) is 5.69 Å². The SMILES string of the molecule is Cc1nc(C)c(CC(=O)OC(C)C)c(N2CCC3(CCCO3)CC2)c1Br. The third kappa shape index (κ3) is 4.06. The third-order valence-electron chi connectivity index (χ3n) is 5.45. The van der Waals surface area contributed by atoms with Crippen LogP contribution in [-0.2, 0) is 20.7 Å². The van der Waals surface area contributed by atoms with Crippen LogP contribution in [0.1, 0.15) is 56.5 Å². The summed E-state index contributed by atoms with van der Waals surface area (Å²) in [6, 6.07) is 0. The molecule has 3 rings (SSSR count). The lowest BCUT2D eigenvalue weighted by atomic mass is 9.88.